The van der Waals surface area contributed by atoms with E-state index >= 15 is 0 Å². The number of nitrogens with one attached hydrogen (secondary N) is 1. The van der Waals surface area contributed by atoms with Crippen molar-refractivity contribution in [2.45, 2.75) is 26.7 Å². The number of benzene rings is 1. The maximum Gasteiger partial charge on any atom is 0.271 e. The molecule has 0 saturated heterocycles. The number of hydrogen-bond donors (Lipinski definition) is 1. The van der Waals surface area contributed by atoms with Gasteiger partial charge >= 0.3 is 0 Å². The van der Waals surface area contributed by atoms with Crippen LogP contribution in [-0.2, 0) is 0 Å². The van der Waals surface area contributed by atoms with Gasteiger partial charge in [0, 0.05) is 10.9 Å². The molecule has 0 saturated carbocycles. The number of thiazole rings is 1. The second-order valence-corrected chi connectivity index (χ2v) is 7.07. The highest BCUT2D eigenvalue weighted by atomic mass is 32.1. The van der Waals surface area contributed by atoms with Crippen molar-refractivity contribution in [1.82, 2.24) is 14.6 Å². The average Bonchev–Trinajstić information content (AvgIpc) is 3.16. The van der Waals surface area contributed by atoms with Gasteiger partial charge < -0.3 is 0 Å². The lowest BCUT2D eigenvalue weighted by molar-refractivity contribution is 0.103. The van der Waals surface area contributed by atoms with Gasteiger partial charge in [0.2, 0.25) is 0 Å². The smallest absolute Gasteiger partial charge is 0.271 e. The number of amides is 1. The van der Waals surface area contributed by atoms with Gasteiger partial charge in [-0.3, -0.25) is 10.1 Å². The maximum atomic E-state index is 12.1. The number of hydrogen-bond acceptors (Lipinski definition) is 6. The molecule has 1 aromatic carbocycles. The molecule has 0 aliphatic carbocycles. The van der Waals surface area contributed by atoms with E-state index in [1.54, 1.807) is 6.92 Å². The van der Waals surface area contributed by atoms with E-state index in [0.717, 1.165) is 22.8 Å². The normalized spacial score (nSPS) is 11.0. The molecule has 5 nitrogen and oxygen atoms in total. The van der Waals surface area contributed by atoms with E-state index in [1.807, 2.05) is 5.38 Å². The summed E-state index contributed by atoms with van der Waals surface area (Å²) in [4.78, 5) is 17.1. The van der Waals surface area contributed by atoms with E-state index in [-0.39, 0.29) is 5.91 Å². The Morgan fingerprint density at radius 1 is 1.22 bits per heavy atom. The molecule has 118 valence electrons. The first-order chi connectivity index (χ1) is 11.0. The Kier molecular flexibility index (Phi) is 4.49. The van der Waals surface area contributed by atoms with Crippen molar-refractivity contribution in [2.75, 3.05) is 5.32 Å². The molecular formula is C16H16N4OS2. The number of aromatic nitrogens is 3. The van der Waals surface area contributed by atoms with Crippen molar-refractivity contribution in [2.24, 2.45) is 0 Å². The van der Waals surface area contributed by atoms with E-state index in [4.69, 9.17) is 0 Å². The van der Waals surface area contributed by atoms with Crippen LogP contribution in [0.1, 0.15) is 40.7 Å². The summed E-state index contributed by atoms with van der Waals surface area (Å²) in [5, 5.41) is 9.17. The van der Waals surface area contributed by atoms with Crippen LogP contribution in [0, 0.1) is 6.92 Å². The number of aryl methyl sites for hydroxylation is 1. The third kappa shape index (κ3) is 3.46. The quantitative estimate of drug-likeness (QED) is 0.764. The van der Waals surface area contributed by atoms with Gasteiger partial charge in [-0.15, -0.1) is 16.4 Å². The summed E-state index contributed by atoms with van der Waals surface area (Å²) in [5.74, 6) is 0.291. The molecule has 0 radical (unpaired) electrons. The summed E-state index contributed by atoms with van der Waals surface area (Å²) in [5.41, 5.74) is 3.83. The zero-order valence-electron chi connectivity index (χ0n) is 13.0. The van der Waals surface area contributed by atoms with Crippen LogP contribution < -0.4 is 5.32 Å². The lowest BCUT2D eigenvalue weighted by Gasteiger charge is -2.05. The molecule has 2 heterocycles. The third-order valence-corrected chi connectivity index (χ3v) is 5.04. The molecule has 0 aliphatic rings. The number of carbonyl (C=O) groups excluding carboxylic acids is 1. The SMILES string of the molecule is Cc1nnsc1C(=O)Nc1nc(-c2ccc(C(C)C)cc2)cs1. The molecule has 1 amide bonds. The molecule has 7 heteroatoms. The number of nitrogens with zero attached hydrogens (tertiary/aromatic N) is 3. The predicted octanol–water partition coefficient (Wildman–Crippen LogP) is 4.35. The van der Waals surface area contributed by atoms with Crippen LogP contribution in [0.4, 0.5) is 5.13 Å². The van der Waals surface area contributed by atoms with Crippen molar-refractivity contribution in [3.8, 4) is 11.3 Å². The fraction of sp³-hybridized carbons (Fsp3) is 0.250. The molecule has 3 rings (SSSR count). The van der Waals surface area contributed by atoms with Crippen molar-refractivity contribution < 1.29 is 4.79 Å². The number of carbonyl (C=O) groups is 1. The second kappa shape index (κ2) is 6.55. The number of anilines is 1. The average molecular weight is 344 g/mol. The highest BCUT2D eigenvalue weighted by Gasteiger charge is 2.15. The van der Waals surface area contributed by atoms with Crippen LogP contribution in [0.5, 0.6) is 0 Å². The third-order valence-electron chi connectivity index (χ3n) is 3.46. The molecule has 1 N–H and O–H groups in total. The standard InChI is InChI=1S/C16H16N4OS2/c1-9(2)11-4-6-12(7-5-11)13-8-22-16(17-13)18-15(21)14-10(3)19-20-23-14/h4-9H,1-3H3,(H,17,18,21). The summed E-state index contributed by atoms with van der Waals surface area (Å²) in [6.07, 6.45) is 0. The van der Waals surface area contributed by atoms with Crippen LogP contribution >= 0.6 is 22.9 Å². The Labute approximate surface area is 142 Å². The zero-order valence-corrected chi connectivity index (χ0v) is 14.7. The molecule has 23 heavy (non-hydrogen) atoms. The first kappa shape index (κ1) is 15.8. The fourth-order valence-corrected chi connectivity index (χ4v) is 3.36. The minimum atomic E-state index is -0.214. The van der Waals surface area contributed by atoms with E-state index in [2.05, 4.69) is 58.0 Å². The first-order valence-electron chi connectivity index (χ1n) is 7.20. The van der Waals surface area contributed by atoms with E-state index < -0.39 is 0 Å². The predicted molar refractivity (Wildman–Crippen MR) is 94.2 cm³/mol. The number of rotatable bonds is 4. The highest BCUT2D eigenvalue weighted by molar-refractivity contribution is 7.14. The van der Waals surface area contributed by atoms with Gasteiger partial charge in [0.1, 0.15) is 4.88 Å². The maximum absolute atomic E-state index is 12.1. The Balaban J connectivity index is 1.75. The Bertz CT molecular complexity index is 821. The van der Waals surface area contributed by atoms with Crippen LogP contribution in [0.3, 0.4) is 0 Å². The summed E-state index contributed by atoms with van der Waals surface area (Å²) >= 11 is 2.50. The zero-order chi connectivity index (χ0) is 16.4. The molecule has 0 fully saturated rings. The lowest BCUT2D eigenvalue weighted by Crippen LogP contribution is -2.11. The molecule has 0 spiro atoms. The molecule has 0 bridgehead atoms. The fourth-order valence-electron chi connectivity index (χ4n) is 2.10. The largest absolute Gasteiger partial charge is 0.297 e. The summed E-state index contributed by atoms with van der Waals surface area (Å²) in [7, 11) is 0. The minimum absolute atomic E-state index is 0.214. The van der Waals surface area contributed by atoms with E-state index in [9.17, 15) is 4.79 Å². The van der Waals surface area contributed by atoms with Gasteiger partial charge in [-0.1, -0.05) is 42.6 Å². The molecule has 0 atom stereocenters. The summed E-state index contributed by atoms with van der Waals surface area (Å²) in [6, 6.07) is 8.36. The summed E-state index contributed by atoms with van der Waals surface area (Å²) in [6.45, 7) is 6.10. The first-order valence-corrected chi connectivity index (χ1v) is 8.86. The van der Waals surface area contributed by atoms with E-state index in [0.29, 0.717) is 21.6 Å². The minimum Gasteiger partial charge on any atom is -0.297 e. The topological polar surface area (TPSA) is 67.8 Å². The lowest BCUT2D eigenvalue weighted by atomic mass is 10.0. The van der Waals surface area contributed by atoms with Gasteiger partial charge in [-0.2, -0.15) is 0 Å². The van der Waals surface area contributed by atoms with Gasteiger partial charge in [-0.25, -0.2) is 4.98 Å². The summed E-state index contributed by atoms with van der Waals surface area (Å²) < 4.78 is 3.77. The molecule has 0 unspecified atom stereocenters. The van der Waals surface area contributed by atoms with Crippen LogP contribution in [0.2, 0.25) is 0 Å². The van der Waals surface area contributed by atoms with Crippen molar-refractivity contribution in [1.29, 1.82) is 0 Å². The van der Waals surface area contributed by atoms with Gasteiger partial charge in [0.25, 0.3) is 5.91 Å². The highest BCUT2D eigenvalue weighted by Crippen LogP contribution is 2.27. The van der Waals surface area contributed by atoms with Crippen LogP contribution in [0.15, 0.2) is 29.6 Å². The van der Waals surface area contributed by atoms with Gasteiger partial charge in [-0.05, 0) is 29.9 Å². The molecular weight excluding hydrogens is 328 g/mol. The second-order valence-electron chi connectivity index (χ2n) is 5.46. The van der Waals surface area contributed by atoms with Crippen molar-refractivity contribution >= 4 is 33.9 Å². The Morgan fingerprint density at radius 3 is 2.57 bits per heavy atom. The monoisotopic (exact) mass is 344 g/mol. The van der Waals surface area contributed by atoms with Crippen molar-refractivity contribution in [3.63, 3.8) is 0 Å². The molecule has 2 aromatic heterocycles. The molecule has 0 aliphatic heterocycles. The van der Waals surface area contributed by atoms with E-state index in [1.165, 1.54) is 16.9 Å². The van der Waals surface area contributed by atoms with Crippen LogP contribution in [-0.4, -0.2) is 20.5 Å². The molecule has 3 aromatic rings. The van der Waals surface area contributed by atoms with Crippen LogP contribution in [0.25, 0.3) is 11.3 Å². The van der Waals surface area contributed by atoms with Gasteiger partial charge in [0.05, 0.1) is 11.4 Å². The van der Waals surface area contributed by atoms with Crippen molar-refractivity contribution in [3.05, 3.63) is 45.8 Å². The Morgan fingerprint density at radius 2 is 1.96 bits per heavy atom. The van der Waals surface area contributed by atoms with Gasteiger partial charge in [0.15, 0.2) is 5.13 Å². The Hall–Kier alpha value is -2.12.